The van der Waals surface area contributed by atoms with Crippen molar-refractivity contribution < 1.29 is 15.8 Å². The summed E-state index contributed by atoms with van der Waals surface area (Å²) in [5.41, 5.74) is 0. The average Bonchev–Trinajstić information content (AvgIpc) is 2.85. The van der Waals surface area contributed by atoms with Crippen LogP contribution in [0.4, 0.5) is 0 Å². The smallest absolute Gasteiger partial charge is 0.242 e. The normalized spacial score (nSPS) is 27.5. The minimum Gasteiger partial charge on any atom is -0.356 e. The average molecular weight is 345 g/mol. The number of carbonyl (C=O) groups is 3. The van der Waals surface area contributed by atoms with E-state index in [0.717, 1.165) is 25.7 Å². The number of imide groups is 1. The van der Waals surface area contributed by atoms with Crippen molar-refractivity contribution in [1.29, 1.82) is 0 Å². The molecule has 134 valence electrons. The quantitative estimate of drug-likeness (QED) is 0.779. The third kappa shape index (κ3) is 5.23. The highest BCUT2D eigenvalue weighted by atomic mass is 32.2. The van der Waals surface area contributed by atoms with Crippen LogP contribution in [0.15, 0.2) is 0 Å². The van der Waals surface area contributed by atoms with Crippen molar-refractivity contribution in [2.75, 3.05) is 19.3 Å². The zero-order valence-electron chi connectivity index (χ0n) is 14.8. The number of carbonyl (C=O) groups excluding carboxylic acids is 3. The van der Waals surface area contributed by atoms with Crippen molar-refractivity contribution >= 4 is 29.5 Å². The van der Waals surface area contributed by atoms with Gasteiger partial charge in [-0.05, 0) is 44.8 Å². The van der Waals surface area contributed by atoms with Crippen LogP contribution in [0.5, 0.6) is 0 Å². The molecule has 1 aliphatic heterocycles. The Hall–Kier alpha value is -1.04. The van der Waals surface area contributed by atoms with Crippen molar-refractivity contribution in [2.45, 2.75) is 58.1 Å². The Labute approximate surface area is 145 Å². The lowest BCUT2D eigenvalue weighted by Crippen LogP contribution is -2.38. The maximum Gasteiger partial charge on any atom is 0.242 e. The highest BCUT2D eigenvalue weighted by Crippen LogP contribution is 2.31. The molecule has 0 aromatic rings. The molecule has 1 atom stereocenters. The molecule has 2 aliphatic rings. The van der Waals surface area contributed by atoms with Gasteiger partial charge in [-0.3, -0.25) is 19.3 Å². The van der Waals surface area contributed by atoms with Crippen LogP contribution in [0.3, 0.4) is 0 Å². The topological polar surface area (TPSA) is 66.5 Å². The van der Waals surface area contributed by atoms with Gasteiger partial charge in [-0.1, -0.05) is 13.8 Å². The second-order valence-corrected chi connectivity index (χ2v) is 6.92. The summed E-state index contributed by atoms with van der Waals surface area (Å²) in [5.74, 6) is 0.532. The molecule has 2 rings (SSSR count). The Balaban J connectivity index is 0.00000170. The van der Waals surface area contributed by atoms with Gasteiger partial charge in [-0.25, -0.2) is 0 Å². The van der Waals surface area contributed by atoms with Crippen molar-refractivity contribution in [2.24, 2.45) is 11.8 Å². The molecule has 1 saturated carbocycles. The highest BCUT2D eigenvalue weighted by Gasteiger charge is 2.39. The zero-order valence-corrected chi connectivity index (χ0v) is 15.6. The minimum atomic E-state index is -0.191. The van der Waals surface area contributed by atoms with Gasteiger partial charge in [0.15, 0.2) is 0 Å². The number of hydrogen-bond donors (Lipinski definition) is 1. The number of likely N-dealkylation sites (tertiary alicyclic amines) is 1. The fraction of sp³-hybridized carbons (Fsp3) is 0.824. The molecule has 0 bridgehead atoms. The first-order valence-corrected chi connectivity index (χ1v) is 10.00. The van der Waals surface area contributed by atoms with Crippen LogP contribution in [0.2, 0.25) is 0 Å². The van der Waals surface area contributed by atoms with Gasteiger partial charge in [-0.2, -0.15) is 11.8 Å². The van der Waals surface area contributed by atoms with Crippen LogP contribution >= 0.6 is 11.8 Å². The maximum absolute atomic E-state index is 12.1. The van der Waals surface area contributed by atoms with E-state index in [9.17, 15) is 14.4 Å². The van der Waals surface area contributed by atoms with Crippen LogP contribution in [0, 0.1) is 11.8 Å². The highest BCUT2D eigenvalue weighted by molar-refractivity contribution is 8.00. The van der Waals surface area contributed by atoms with Crippen LogP contribution in [0.1, 0.15) is 54.3 Å². The Bertz CT molecular complexity index is 426. The van der Waals surface area contributed by atoms with Gasteiger partial charge < -0.3 is 5.32 Å². The van der Waals surface area contributed by atoms with Crippen molar-refractivity contribution in [3.8, 4) is 0 Å². The minimum absolute atomic E-state index is 0. The molecule has 0 spiro atoms. The summed E-state index contributed by atoms with van der Waals surface area (Å²) in [5, 5.41) is 2.68. The number of hydrogen-bond acceptors (Lipinski definition) is 4. The summed E-state index contributed by atoms with van der Waals surface area (Å²) in [7, 11) is 0. The molecule has 1 aliphatic carbocycles. The van der Waals surface area contributed by atoms with E-state index in [1.54, 1.807) is 0 Å². The van der Waals surface area contributed by atoms with Crippen molar-refractivity contribution in [3.05, 3.63) is 0 Å². The lowest BCUT2D eigenvalue weighted by molar-refractivity contribution is -0.139. The van der Waals surface area contributed by atoms with Gasteiger partial charge in [0.1, 0.15) is 0 Å². The van der Waals surface area contributed by atoms with E-state index >= 15 is 0 Å². The van der Waals surface area contributed by atoms with Gasteiger partial charge in [0, 0.05) is 26.9 Å². The second kappa shape index (κ2) is 9.96. The van der Waals surface area contributed by atoms with E-state index in [0.29, 0.717) is 25.4 Å². The van der Waals surface area contributed by atoms with Crippen LogP contribution in [-0.4, -0.2) is 47.2 Å². The SMILES string of the molecule is CC.CCNC(=O)C1CCC(CN2C(=O)CC(SC)C2=O)CC1.[HH]. The standard InChI is InChI=1S/C15H24N2O3S.C2H6.H2/c1-3-16-14(19)11-6-4-10(5-7-11)9-17-13(18)8-12(21-2)15(17)20;1-2;/h10-12H,3-9H2,1-2H3,(H,16,19);1-2H3;1H. The zero-order chi connectivity index (χ0) is 17.4. The number of nitrogens with one attached hydrogen (secondary N) is 1. The molecule has 2 fully saturated rings. The molecular weight excluding hydrogens is 312 g/mol. The Morgan fingerprint density at radius 3 is 2.35 bits per heavy atom. The van der Waals surface area contributed by atoms with Crippen molar-refractivity contribution in [1.82, 2.24) is 10.2 Å². The van der Waals surface area contributed by atoms with Crippen LogP contribution < -0.4 is 5.32 Å². The molecule has 1 heterocycles. The Morgan fingerprint density at radius 2 is 1.87 bits per heavy atom. The summed E-state index contributed by atoms with van der Waals surface area (Å²) in [6.45, 7) is 7.14. The van der Waals surface area contributed by atoms with Gasteiger partial charge >= 0.3 is 0 Å². The van der Waals surface area contributed by atoms with E-state index in [2.05, 4.69) is 5.32 Å². The molecule has 1 N–H and O–H groups in total. The van der Waals surface area contributed by atoms with Gasteiger partial charge in [0.25, 0.3) is 0 Å². The Morgan fingerprint density at radius 1 is 1.26 bits per heavy atom. The van der Waals surface area contributed by atoms with Gasteiger partial charge in [-0.15, -0.1) is 0 Å². The monoisotopic (exact) mass is 344 g/mol. The second-order valence-electron chi connectivity index (χ2n) is 5.88. The first-order valence-electron chi connectivity index (χ1n) is 8.71. The van der Waals surface area contributed by atoms with E-state index in [1.807, 2.05) is 27.0 Å². The summed E-state index contributed by atoms with van der Waals surface area (Å²) in [6, 6.07) is 0. The first kappa shape index (κ1) is 20.0. The van der Waals surface area contributed by atoms with E-state index in [4.69, 9.17) is 0 Å². The summed E-state index contributed by atoms with van der Waals surface area (Å²) in [6.07, 6.45) is 5.77. The molecule has 0 aromatic carbocycles. The fourth-order valence-electron chi connectivity index (χ4n) is 3.21. The number of amides is 3. The maximum atomic E-state index is 12.1. The molecular formula is C17H32N2O3S. The molecule has 0 aromatic heterocycles. The molecule has 1 saturated heterocycles. The van der Waals surface area contributed by atoms with Crippen LogP contribution in [0.25, 0.3) is 0 Å². The predicted molar refractivity (Wildman–Crippen MR) is 96.2 cm³/mol. The lowest BCUT2D eigenvalue weighted by Gasteiger charge is -2.30. The summed E-state index contributed by atoms with van der Waals surface area (Å²) in [4.78, 5) is 37.3. The number of thioether (sulfide) groups is 1. The largest absolute Gasteiger partial charge is 0.356 e. The van der Waals surface area contributed by atoms with Gasteiger partial charge in [0.2, 0.25) is 17.7 Å². The lowest BCUT2D eigenvalue weighted by atomic mass is 9.81. The third-order valence-electron chi connectivity index (χ3n) is 4.50. The summed E-state index contributed by atoms with van der Waals surface area (Å²) < 4.78 is 0. The fourth-order valence-corrected chi connectivity index (χ4v) is 3.85. The first-order chi connectivity index (χ1) is 11.1. The predicted octanol–water partition coefficient (Wildman–Crippen LogP) is 2.69. The number of rotatable bonds is 5. The molecule has 5 nitrogen and oxygen atoms in total. The van der Waals surface area contributed by atoms with Crippen LogP contribution in [-0.2, 0) is 14.4 Å². The van der Waals surface area contributed by atoms with E-state index in [1.165, 1.54) is 16.7 Å². The van der Waals surface area contributed by atoms with E-state index < -0.39 is 0 Å². The summed E-state index contributed by atoms with van der Waals surface area (Å²) >= 11 is 1.45. The third-order valence-corrected chi connectivity index (χ3v) is 5.43. The number of nitrogens with zero attached hydrogens (tertiary/aromatic N) is 1. The molecule has 6 heteroatoms. The molecule has 0 radical (unpaired) electrons. The Kier molecular flexibility index (Phi) is 8.66. The molecule has 23 heavy (non-hydrogen) atoms. The van der Waals surface area contributed by atoms with E-state index in [-0.39, 0.29) is 30.3 Å². The molecule has 1 unspecified atom stereocenters. The molecule has 3 amide bonds. The van der Waals surface area contributed by atoms with Gasteiger partial charge in [0.05, 0.1) is 5.25 Å². The van der Waals surface area contributed by atoms with Crippen molar-refractivity contribution in [3.63, 3.8) is 0 Å².